The molecule has 0 saturated carbocycles. The number of unbranched alkanes of at least 4 members (excludes halogenated alkanes) is 13. The monoisotopic (exact) mass is 523 g/mol. The third kappa shape index (κ3) is 11.8. The second-order valence-corrected chi connectivity index (χ2v) is 9.40. The molecule has 0 saturated heterocycles. The molecule has 2 aromatic rings. The molecule has 1 aromatic heterocycles. The maximum atomic E-state index is 12.8. The van der Waals surface area contributed by atoms with Crippen molar-refractivity contribution in [2.75, 3.05) is 17.2 Å². The molecule has 1 heterocycles. The van der Waals surface area contributed by atoms with Gasteiger partial charge < -0.3 is 10.6 Å². The van der Waals surface area contributed by atoms with E-state index in [4.69, 9.17) is 0 Å². The summed E-state index contributed by atoms with van der Waals surface area (Å²) in [5.74, 6) is 0.00678. The first-order chi connectivity index (χ1) is 17.8. The molecule has 37 heavy (non-hydrogen) atoms. The van der Waals surface area contributed by atoms with Crippen LogP contribution >= 0.6 is 0 Å². The minimum atomic E-state index is -4.45. The Kier molecular flexibility index (Phi) is 13.7. The molecular formula is C27H40F3N5O2. The summed E-state index contributed by atoms with van der Waals surface area (Å²) in [5.41, 5.74) is -0.883. The predicted molar refractivity (Wildman–Crippen MR) is 142 cm³/mol. The lowest BCUT2D eigenvalue weighted by molar-refractivity contribution is -0.383. The molecule has 0 aliphatic heterocycles. The van der Waals surface area contributed by atoms with Gasteiger partial charge in [-0.25, -0.2) is 9.97 Å². The molecule has 0 bridgehead atoms. The maximum Gasteiger partial charge on any atom is 0.416 e. The zero-order valence-electron chi connectivity index (χ0n) is 21.8. The minimum Gasteiger partial charge on any atom is -0.364 e. The average Bonchev–Trinajstić information content (AvgIpc) is 2.86. The van der Waals surface area contributed by atoms with Gasteiger partial charge in [0.15, 0.2) is 0 Å². The van der Waals surface area contributed by atoms with E-state index in [-0.39, 0.29) is 23.0 Å². The van der Waals surface area contributed by atoms with Crippen LogP contribution < -0.4 is 10.6 Å². The van der Waals surface area contributed by atoms with Gasteiger partial charge in [0.05, 0.1) is 10.5 Å². The number of anilines is 3. The van der Waals surface area contributed by atoms with E-state index in [0.29, 0.717) is 6.54 Å². The highest BCUT2D eigenvalue weighted by Gasteiger charge is 2.30. The Bertz CT molecular complexity index is 923. The molecule has 206 valence electrons. The summed E-state index contributed by atoms with van der Waals surface area (Å²) in [6.07, 6.45) is 14.3. The first-order valence-corrected chi connectivity index (χ1v) is 13.5. The molecule has 2 N–H and O–H groups in total. The van der Waals surface area contributed by atoms with Crippen LogP contribution in [0.4, 0.5) is 36.2 Å². The Morgan fingerprint density at radius 3 is 1.76 bits per heavy atom. The van der Waals surface area contributed by atoms with Crippen molar-refractivity contribution >= 4 is 23.0 Å². The highest BCUT2D eigenvalue weighted by atomic mass is 19.4. The summed E-state index contributed by atoms with van der Waals surface area (Å²) in [7, 11) is 0. The van der Waals surface area contributed by atoms with Crippen molar-refractivity contribution in [3.8, 4) is 0 Å². The smallest absolute Gasteiger partial charge is 0.364 e. The molecule has 0 radical (unpaired) electrons. The molecule has 1 aromatic carbocycles. The van der Waals surface area contributed by atoms with E-state index in [0.717, 1.165) is 31.4 Å². The van der Waals surface area contributed by atoms with E-state index in [2.05, 4.69) is 27.5 Å². The Hall–Kier alpha value is -2.91. The third-order valence-electron chi connectivity index (χ3n) is 6.30. The summed E-state index contributed by atoms with van der Waals surface area (Å²) in [6.45, 7) is 2.78. The Morgan fingerprint density at radius 2 is 1.27 bits per heavy atom. The zero-order chi connectivity index (χ0) is 26.9. The SMILES string of the molecule is CCCCCCCCCCCCCCCCNc1ncnc(Nc2ccc(C(F)(F)F)cc2)c1[N+](=O)[O-]. The maximum absolute atomic E-state index is 12.8. The molecule has 10 heteroatoms. The van der Waals surface area contributed by atoms with Gasteiger partial charge in [0.1, 0.15) is 6.33 Å². The fourth-order valence-corrected chi connectivity index (χ4v) is 4.18. The topological polar surface area (TPSA) is 93.0 Å². The van der Waals surface area contributed by atoms with Crippen molar-refractivity contribution in [2.45, 2.75) is 103 Å². The molecule has 0 spiro atoms. The van der Waals surface area contributed by atoms with E-state index in [1.54, 1.807) is 0 Å². The van der Waals surface area contributed by atoms with Crippen molar-refractivity contribution < 1.29 is 18.1 Å². The van der Waals surface area contributed by atoms with E-state index in [1.165, 1.54) is 89.1 Å². The summed E-state index contributed by atoms with van der Waals surface area (Å²) < 4.78 is 38.3. The van der Waals surface area contributed by atoms with Gasteiger partial charge in [-0.05, 0) is 30.7 Å². The summed E-state index contributed by atoms with van der Waals surface area (Å²) in [6, 6.07) is 4.22. The number of hydrogen-bond donors (Lipinski definition) is 2. The van der Waals surface area contributed by atoms with Gasteiger partial charge in [0.25, 0.3) is 0 Å². The molecule has 2 rings (SSSR count). The van der Waals surface area contributed by atoms with Gasteiger partial charge >= 0.3 is 11.9 Å². The summed E-state index contributed by atoms with van der Waals surface area (Å²) in [4.78, 5) is 19.0. The lowest BCUT2D eigenvalue weighted by Gasteiger charge is -2.11. The Morgan fingerprint density at radius 1 is 0.784 bits per heavy atom. The quantitative estimate of drug-likeness (QED) is 0.108. The zero-order valence-corrected chi connectivity index (χ0v) is 21.8. The molecule has 0 aliphatic carbocycles. The van der Waals surface area contributed by atoms with Crippen LogP contribution in [0.25, 0.3) is 0 Å². The highest BCUT2D eigenvalue weighted by Crippen LogP contribution is 2.33. The highest BCUT2D eigenvalue weighted by molar-refractivity contribution is 5.73. The Balaban J connectivity index is 1.68. The van der Waals surface area contributed by atoms with Gasteiger partial charge in [-0.2, -0.15) is 13.2 Å². The van der Waals surface area contributed by atoms with Crippen molar-refractivity contribution in [1.29, 1.82) is 0 Å². The number of nitrogens with zero attached hydrogens (tertiary/aromatic N) is 3. The molecule has 0 fully saturated rings. The van der Waals surface area contributed by atoms with Gasteiger partial charge in [-0.3, -0.25) is 10.1 Å². The normalized spacial score (nSPS) is 11.5. The lowest BCUT2D eigenvalue weighted by atomic mass is 10.0. The minimum absolute atomic E-state index is 0.0804. The van der Waals surface area contributed by atoms with Crippen molar-refractivity contribution in [2.24, 2.45) is 0 Å². The first kappa shape index (κ1) is 30.3. The first-order valence-electron chi connectivity index (χ1n) is 13.5. The number of halogens is 3. The van der Waals surface area contributed by atoms with Crippen LogP contribution in [0.5, 0.6) is 0 Å². The standard InChI is InChI=1S/C27H40F3N5O2/c1-2-3-4-5-6-7-8-9-10-11-12-13-14-15-20-31-25-24(35(36)37)26(33-21-32-25)34-23-18-16-22(17-19-23)27(28,29)30/h16-19,21H,2-15,20H2,1H3,(H2,31,32,33,34). The van der Waals surface area contributed by atoms with Crippen molar-refractivity contribution in [3.05, 3.63) is 46.3 Å². The number of alkyl halides is 3. The Labute approximate surface area is 217 Å². The predicted octanol–water partition coefficient (Wildman–Crippen LogP) is 9.04. The largest absolute Gasteiger partial charge is 0.416 e. The summed E-state index contributed by atoms with van der Waals surface area (Å²) in [5, 5.41) is 17.4. The van der Waals surface area contributed by atoms with E-state index < -0.39 is 16.7 Å². The van der Waals surface area contributed by atoms with E-state index >= 15 is 0 Å². The lowest BCUT2D eigenvalue weighted by Crippen LogP contribution is -2.09. The molecular weight excluding hydrogens is 483 g/mol. The molecule has 0 unspecified atom stereocenters. The number of benzene rings is 1. The van der Waals surface area contributed by atoms with Crippen LogP contribution in [0.15, 0.2) is 30.6 Å². The fraction of sp³-hybridized carbons (Fsp3) is 0.630. The molecule has 0 atom stereocenters. The fourth-order valence-electron chi connectivity index (χ4n) is 4.18. The molecule has 0 amide bonds. The third-order valence-corrected chi connectivity index (χ3v) is 6.30. The van der Waals surface area contributed by atoms with Crippen LogP contribution in [0.2, 0.25) is 0 Å². The number of nitro groups is 1. The number of rotatable bonds is 19. The number of aromatic nitrogens is 2. The van der Waals surface area contributed by atoms with Gasteiger partial charge in [-0.1, -0.05) is 90.4 Å². The van der Waals surface area contributed by atoms with Crippen LogP contribution in [-0.2, 0) is 6.18 Å². The molecule has 7 nitrogen and oxygen atoms in total. The summed E-state index contributed by atoms with van der Waals surface area (Å²) >= 11 is 0. The van der Waals surface area contributed by atoms with Crippen molar-refractivity contribution in [1.82, 2.24) is 9.97 Å². The average molecular weight is 524 g/mol. The van der Waals surface area contributed by atoms with Crippen LogP contribution in [0, 0.1) is 10.1 Å². The second-order valence-electron chi connectivity index (χ2n) is 9.40. The number of hydrogen-bond acceptors (Lipinski definition) is 6. The van der Waals surface area contributed by atoms with Crippen LogP contribution in [-0.4, -0.2) is 21.4 Å². The van der Waals surface area contributed by atoms with Gasteiger partial charge in [0, 0.05) is 12.2 Å². The van der Waals surface area contributed by atoms with Gasteiger partial charge in [0.2, 0.25) is 11.6 Å². The van der Waals surface area contributed by atoms with Crippen LogP contribution in [0.3, 0.4) is 0 Å². The molecule has 0 aliphatic rings. The van der Waals surface area contributed by atoms with Crippen LogP contribution in [0.1, 0.15) is 102 Å². The van der Waals surface area contributed by atoms with E-state index in [9.17, 15) is 23.3 Å². The van der Waals surface area contributed by atoms with Gasteiger partial charge in [-0.15, -0.1) is 0 Å². The second kappa shape index (κ2) is 16.8. The van der Waals surface area contributed by atoms with Crippen molar-refractivity contribution in [3.63, 3.8) is 0 Å². The van der Waals surface area contributed by atoms with E-state index in [1.807, 2.05) is 0 Å². The number of nitrogens with one attached hydrogen (secondary N) is 2.